The Bertz CT molecular complexity index is 694. The van der Waals surface area contributed by atoms with Crippen molar-refractivity contribution >= 4 is 26.7 Å². The maximum Gasteiger partial charge on any atom is 0.181 e. The second kappa shape index (κ2) is 4.27. The van der Waals surface area contributed by atoms with Crippen molar-refractivity contribution in [3.63, 3.8) is 0 Å². The SMILES string of the molecule is COc1ccc(-c2ccccn2)c2sc(N)nc12. The van der Waals surface area contributed by atoms with Gasteiger partial charge in [0.1, 0.15) is 11.3 Å². The molecule has 0 aliphatic carbocycles. The van der Waals surface area contributed by atoms with Gasteiger partial charge >= 0.3 is 0 Å². The van der Waals surface area contributed by atoms with E-state index in [1.165, 1.54) is 11.3 Å². The number of nitrogens with zero attached hydrogens (tertiary/aromatic N) is 2. The molecular formula is C13H11N3OS. The van der Waals surface area contributed by atoms with Gasteiger partial charge in [0.25, 0.3) is 0 Å². The number of hydrogen-bond donors (Lipinski definition) is 1. The fourth-order valence-electron chi connectivity index (χ4n) is 1.89. The van der Waals surface area contributed by atoms with E-state index < -0.39 is 0 Å². The number of anilines is 1. The Morgan fingerprint density at radius 1 is 1.22 bits per heavy atom. The summed E-state index contributed by atoms with van der Waals surface area (Å²) in [5.74, 6) is 0.734. The maximum atomic E-state index is 5.79. The third kappa shape index (κ3) is 1.69. The van der Waals surface area contributed by atoms with E-state index >= 15 is 0 Å². The molecule has 18 heavy (non-hydrogen) atoms. The minimum absolute atomic E-state index is 0.534. The number of nitrogen functional groups attached to an aromatic ring is 1. The minimum atomic E-state index is 0.534. The monoisotopic (exact) mass is 257 g/mol. The first-order valence-electron chi connectivity index (χ1n) is 5.44. The average Bonchev–Trinajstić information content (AvgIpc) is 2.80. The van der Waals surface area contributed by atoms with Crippen LogP contribution >= 0.6 is 11.3 Å². The third-order valence-electron chi connectivity index (χ3n) is 2.68. The Labute approximate surface area is 108 Å². The zero-order chi connectivity index (χ0) is 12.5. The molecule has 0 bridgehead atoms. The van der Waals surface area contributed by atoms with Crippen LogP contribution in [0.5, 0.6) is 5.75 Å². The quantitative estimate of drug-likeness (QED) is 0.766. The van der Waals surface area contributed by atoms with Crippen molar-refractivity contribution in [2.75, 3.05) is 12.8 Å². The van der Waals surface area contributed by atoms with Crippen LogP contribution in [0.25, 0.3) is 21.5 Å². The highest BCUT2D eigenvalue weighted by atomic mass is 32.1. The number of ether oxygens (including phenoxy) is 1. The Balaban J connectivity index is 2.31. The molecule has 0 aliphatic rings. The number of aromatic nitrogens is 2. The molecule has 0 radical (unpaired) electrons. The molecule has 0 saturated heterocycles. The lowest BCUT2D eigenvalue weighted by atomic mass is 10.1. The van der Waals surface area contributed by atoms with Gasteiger partial charge in [-0.05, 0) is 24.3 Å². The van der Waals surface area contributed by atoms with Gasteiger partial charge in [-0.3, -0.25) is 4.98 Å². The first-order chi connectivity index (χ1) is 8.79. The number of pyridine rings is 1. The summed E-state index contributed by atoms with van der Waals surface area (Å²) in [4.78, 5) is 8.67. The summed E-state index contributed by atoms with van der Waals surface area (Å²) in [6.45, 7) is 0. The zero-order valence-electron chi connectivity index (χ0n) is 9.75. The Kier molecular flexibility index (Phi) is 2.60. The van der Waals surface area contributed by atoms with Gasteiger partial charge in [-0.25, -0.2) is 4.98 Å². The van der Waals surface area contributed by atoms with Crippen LogP contribution in [-0.4, -0.2) is 17.1 Å². The van der Waals surface area contributed by atoms with Crippen molar-refractivity contribution in [1.29, 1.82) is 0 Å². The number of nitrogens with two attached hydrogens (primary N) is 1. The van der Waals surface area contributed by atoms with Crippen molar-refractivity contribution in [3.05, 3.63) is 36.5 Å². The molecule has 4 nitrogen and oxygen atoms in total. The molecule has 90 valence electrons. The van der Waals surface area contributed by atoms with Crippen molar-refractivity contribution < 1.29 is 4.74 Å². The summed E-state index contributed by atoms with van der Waals surface area (Å²) < 4.78 is 6.31. The number of benzene rings is 1. The minimum Gasteiger partial charge on any atom is -0.494 e. The van der Waals surface area contributed by atoms with E-state index in [2.05, 4.69) is 9.97 Å². The van der Waals surface area contributed by atoms with E-state index in [4.69, 9.17) is 10.5 Å². The topological polar surface area (TPSA) is 61.0 Å². The maximum absolute atomic E-state index is 5.79. The molecule has 5 heteroatoms. The lowest BCUT2D eigenvalue weighted by molar-refractivity contribution is 0.419. The van der Waals surface area contributed by atoms with Crippen LogP contribution in [0.2, 0.25) is 0 Å². The smallest absolute Gasteiger partial charge is 0.181 e. The molecule has 0 spiro atoms. The van der Waals surface area contributed by atoms with E-state index in [9.17, 15) is 0 Å². The fourth-order valence-corrected chi connectivity index (χ4v) is 2.76. The first kappa shape index (κ1) is 11.0. The molecule has 3 aromatic rings. The number of thiazole rings is 1. The van der Waals surface area contributed by atoms with Gasteiger partial charge in [-0.2, -0.15) is 0 Å². The van der Waals surface area contributed by atoms with Crippen molar-refractivity contribution in [1.82, 2.24) is 9.97 Å². The van der Waals surface area contributed by atoms with Gasteiger partial charge in [0.15, 0.2) is 5.13 Å². The summed E-state index contributed by atoms with van der Waals surface area (Å²) in [5.41, 5.74) is 8.53. The van der Waals surface area contributed by atoms with Crippen LogP contribution in [0.4, 0.5) is 5.13 Å². The lowest BCUT2D eigenvalue weighted by Crippen LogP contribution is -1.88. The van der Waals surface area contributed by atoms with E-state index in [0.717, 1.165) is 27.2 Å². The average molecular weight is 257 g/mol. The second-order valence-corrected chi connectivity index (χ2v) is 4.79. The van der Waals surface area contributed by atoms with Crippen LogP contribution in [-0.2, 0) is 0 Å². The summed E-state index contributed by atoms with van der Waals surface area (Å²) >= 11 is 1.45. The summed E-state index contributed by atoms with van der Waals surface area (Å²) in [6.07, 6.45) is 1.77. The van der Waals surface area contributed by atoms with Crippen molar-refractivity contribution in [2.45, 2.75) is 0 Å². The van der Waals surface area contributed by atoms with E-state index in [0.29, 0.717) is 5.13 Å². The van der Waals surface area contributed by atoms with Crippen LogP contribution in [0, 0.1) is 0 Å². The highest BCUT2D eigenvalue weighted by Crippen LogP contribution is 2.37. The number of methoxy groups -OCH3 is 1. The number of hydrogen-bond acceptors (Lipinski definition) is 5. The van der Waals surface area contributed by atoms with Gasteiger partial charge in [-0.15, -0.1) is 0 Å². The molecular weight excluding hydrogens is 246 g/mol. The zero-order valence-corrected chi connectivity index (χ0v) is 10.6. The molecule has 2 heterocycles. The standard InChI is InChI=1S/C13H11N3OS/c1-17-10-6-5-8(9-4-2-3-7-15-9)12-11(10)16-13(14)18-12/h2-7H,1H3,(H2,14,16). The van der Waals surface area contributed by atoms with E-state index in [1.807, 2.05) is 30.3 Å². The Morgan fingerprint density at radius 2 is 2.11 bits per heavy atom. The largest absolute Gasteiger partial charge is 0.494 e. The molecule has 0 amide bonds. The third-order valence-corrected chi connectivity index (χ3v) is 3.60. The van der Waals surface area contributed by atoms with Crippen molar-refractivity contribution in [2.24, 2.45) is 0 Å². The summed E-state index contributed by atoms with van der Waals surface area (Å²) in [5, 5.41) is 0.534. The molecule has 2 aromatic heterocycles. The highest BCUT2D eigenvalue weighted by Gasteiger charge is 2.13. The summed E-state index contributed by atoms with van der Waals surface area (Å²) in [7, 11) is 1.63. The fraction of sp³-hybridized carbons (Fsp3) is 0.0769. The van der Waals surface area contributed by atoms with Crippen LogP contribution in [0.3, 0.4) is 0 Å². The molecule has 0 atom stereocenters. The van der Waals surface area contributed by atoms with Gasteiger partial charge in [0, 0.05) is 11.8 Å². The second-order valence-electron chi connectivity index (χ2n) is 3.76. The molecule has 2 N–H and O–H groups in total. The number of rotatable bonds is 2. The van der Waals surface area contributed by atoms with Gasteiger partial charge < -0.3 is 10.5 Å². The highest BCUT2D eigenvalue weighted by molar-refractivity contribution is 7.22. The van der Waals surface area contributed by atoms with Crippen LogP contribution in [0.15, 0.2) is 36.5 Å². The van der Waals surface area contributed by atoms with Crippen molar-refractivity contribution in [3.8, 4) is 17.0 Å². The normalized spacial score (nSPS) is 10.7. The molecule has 3 rings (SSSR count). The lowest BCUT2D eigenvalue weighted by Gasteiger charge is -2.05. The molecule has 0 unspecified atom stereocenters. The van der Waals surface area contributed by atoms with Gasteiger partial charge in [0.05, 0.1) is 17.5 Å². The van der Waals surface area contributed by atoms with Crippen LogP contribution < -0.4 is 10.5 Å². The number of fused-ring (bicyclic) bond motifs is 1. The first-order valence-corrected chi connectivity index (χ1v) is 6.25. The molecule has 0 aliphatic heterocycles. The van der Waals surface area contributed by atoms with E-state index in [-0.39, 0.29) is 0 Å². The van der Waals surface area contributed by atoms with Gasteiger partial charge in [0.2, 0.25) is 0 Å². The predicted octanol–water partition coefficient (Wildman–Crippen LogP) is 2.95. The molecule has 0 saturated carbocycles. The Morgan fingerprint density at radius 3 is 2.83 bits per heavy atom. The van der Waals surface area contributed by atoms with Gasteiger partial charge in [-0.1, -0.05) is 17.4 Å². The van der Waals surface area contributed by atoms with E-state index in [1.54, 1.807) is 13.3 Å². The van der Waals surface area contributed by atoms with Crippen LogP contribution in [0.1, 0.15) is 0 Å². The molecule has 1 aromatic carbocycles. The molecule has 0 fully saturated rings. The summed E-state index contributed by atoms with van der Waals surface area (Å²) in [6, 6.07) is 9.71. The predicted molar refractivity (Wildman–Crippen MR) is 73.8 cm³/mol. The Hall–Kier alpha value is -2.14.